The van der Waals surface area contributed by atoms with E-state index in [-0.39, 0.29) is 0 Å². The highest BCUT2D eigenvalue weighted by atomic mass is 35.5. The van der Waals surface area contributed by atoms with E-state index in [1.807, 2.05) is 0 Å². The Morgan fingerprint density at radius 1 is 1.54 bits per heavy atom. The SMILES string of the molecule is CN(C)Cc1nc(CCCCl)cs1. The summed E-state index contributed by atoms with van der Waals surface area (Å²) in [5.41, 5.74) is 1.18. The van der Waals surface area contributed by atoms with Gasteiger partial charge >= 0.3 is 0 Å². The molecule has 0 aliphatic carbocycles. The molecule has 0 unspecified atom stereocenters. The number of nitrogens with zero attached hydrogens (tertiary/aromatic N) is 2. The summed E-state index contributed by atoms with van der Waals surface area (Å²) in [5.74, 6) is 0.723. The Morgan fingerprint density at radius 3 is 2.92 bits per heavy atom. The van der Waals surface area contributed by atoms with Crippen LogP contribution >= 0.6 is 22.9 Å². The van der Waals surface area contributed by atoms with E-state index in [1.165, 1.54) is 10.7 Å². The fourth-order valence-electron chi connectivity index (χ4n) is 1.05. The highest BCUT2D eigenvalue weighted by Crippen LogP contribution is 2.12. The Labute approximate surface area is 88.5 Å². The summed E-state index contributed by atoms with van der Waals surface area (Å²) in [7, 11) is 4.11. The van der Waals surface area contributed by atoms with Gasteiger partial charge < -0.3 is 4.90 Å². The molecule has 0 saturated heterocycles. The minimum atomic E-state index is 0.723. The molecule has 1 heterocycles. The van der Waals surface area contributed by atoms with Crippen LogP contribution in [0, 0.1) is 0 Å². The summed E-state index contributed by atoms with van der Waals surface area (Å²) >= 11 is 7.34. The molecule has 0 aliphatic heterocycles. The Bertz CT molecular complexity index is 248. The molecule has 1 aromatic rings. The first kappa shape index (κ1) is 11.0. The number of hydrogen-bond donors (Lipinski definition) is 0. The first-order chi connectivity index (χ1) is 6.22. The molecule has 0 radical (unpaired) electrons. The Balaban J connectivity index is 2.44. The molecule has 13 heavy (non-hydrogen) atoms. The largest absolute Gasteiger partial charge is 0.303 e. The van der Waals surface area contributed by atoms with E-state index in [4.69, 9.17) is 11.6 Å². The fourth-order valence-corrected chi connectivity index (χ4v) is 2.13. The van der Waals surface area contributed by atoms with E-state index in [2.05, 4.69) is 29.4 Å². The van der Waals surface area contributed by atoms with Gasteiger partial charge in [0.1, 0.15) is 5.01 Å². The van der Waals surface area contributed by atoms with E-state index in [0.717, 1.165) is 25.3 Å². The van der Waals surface area contributed by atoms with Crippen LogP contribution < -0.4 is 0 Å². The number of halogens is 1. The molecule has 0 aromatic carbocycles. The number of thiazole rings is 1. The van der Waals surface area contributed by atoms with Crippen molar-refractivity contribution in [3.8, 4) is 0 Å². The van der Waals surface area contributed by atoms with Crippen LogP contribution in [0.25, 0.3) is 0 Å². The number of aromatic nitrogens is 1. The molecule has 2 nitrogen and oxygen atoms in total. The predicted molar refractivity (Wildman–Crippen MR) is 58.5 cm³/mol. The van der Waals surface area contributed by atoms with Gasteiger partial charge in [-0.1, -0.05) is 0 Å². The van der Waals surface area contributed by atoms with E-state index < -0.39 is 0 Å². The number of alkyl halides is 1. The van der Waals surface area contributed by atoms with Gasteiger partial charge in [-0.25, -0.2) is 4.98 Å². The first-order valence-electron chi connectivity index (χ1n) is 4.36. The molecule has 0 fully saturated rings. The maximum absolute atomic E-state index is 5.61. The maximum Gasteiger partial charge on any atom is 0.107 e. The van der Waals surface area contributed by atoms with Gasteiger partial charge in [0.2, 0.25) is 0 Å². The van der Waals surface area contributed by atoms with Crippen LogP contribution in [-0.4, -0.2) is 29.9 Å². The second-order valence-corrected chi connectivity index (χ2v) is 4.58. The predicted octanol–water partition coefficient (Wildman–Crippen LogP) is 2.38. The third kappa shape index (κ3) is 4.07. The van der Waals surface area contributed by atoms with Gasteiger partial charge in [0.25, 0.3) is 0 Å². The van der Waals surface area contributed by atoms with Crippen molar-refractivity contribution in [3.05, 3.63) is 16.1 Å². The van der Waals surface area contributed by atoms with Crippen molar-refractivity contribution in [1.29, 1.82) is 0 Å². The summed E-state index contributed by atoms with van der Waals surface area (Å²) in [6.07, 6.45) is 2.03. The molecular weight excluding hydrogens is 204 g/mol. The highest BCUT2D eigenvalue weighted by Gasteiger charge is 2.02. The topological polar surface area (TPSA) is 16.1 Å². The van der Waals surface area contributed by atoms with E-state index in [9.17, 15) is 0 Å². The van der Waals surface area contributed by atoms with Crippen molar-refractivity contribution in [1.82, 2.24) is 9.88 Å². The van der Waals surface area contributed by atoms with Crippen LogP contribution in [0.4, 0.5) is 0 Å². The average molecular weight is 219 g/mol. The summed E-state index contributed by atoms with van der Waals surface area (Å²) in [4.78, 5) is 6.64. The van der Waals surface area contributed by atoms with E-state index >= 15 is 0 Å². The van der Waals surface area contributed by atoms with Gasteiger partial charge in [-0.15, -0.1) is 22.9 Å². The minimum Gasteiger partial charge on any atom is -0.303 e. The van der Waals surface area contributed by atoms with E-state index in [0.29, 0.717) is 0 Å². The maximum atomic E-state index is 5.61. The van der Waals surface area contributed by atoms with E-state index in [1.54, 1.807) is 11.3 Å². The summed E-state index contributed by atoms with van der Waals surface area (Å²) in [6, 6.07) is 0. The lowest BCUT2D eigenvalue weighted by molar-refractivity contribution is 0.401. The number of aryl methyl sites for hydroxylation is 1. The quantitative estimate of drug-likeness (QED) is 0.706. The van der Waals surface area contributed by atoms with Crippen LogP contribution in [0.15, 0.2) is 5.38 Å². The van der Waals surface area contributed by atoms with Crippen molar-refractivity contribution in [2.24, 2.45) is 0 Å². The highest BCUT2D eigenvalue weighted by molar-refractivity contribution is 7.09. The third-order valence-corrected chi connectivity index (χ3v) is 2.77. The molecule has 0 amide bonds. The molecule has 0 N–H and O–H groups in total. The molecule has 0 atom stereocenters. The molecule has 74 valence electrons. The van der Waals surface area contributed by atoms with Crippen LogP contribution in [0.5, 0.6) is 0 Å². The zero-order valence-corrected chi connectivity index (χ0v) is 9.66. The van der Waals surface area contributed by atoms with Gasteiger partial charge in [-0.2, -0.15) is 0 Å². The van der Waals surface area contributed by atoms with Crippen molar-refractivity contribution < 1.29 is 0 Å². The second-order valence-electron chi connectivity index (χ2n) is 3.26. The lowest BCUT2D eigenvalue weighted by Gasteiger charge is -2.04. The van der Waals surface area contributed by atoms with Gasteiger partial charge in [0.05, 0.1) is 5.69 Å². The Hall–Kier alpha value is -0.120. The minimum absolute atomic E-state index is 0.723. The third-order valence-electron chi connectivity index (χ3n) is 1.62. The zero-order chi connectivity index (χ0) is 9.68. The normalized spacial score (nSPS) is 11.1. The van der Waals surface area contributed by atoms with Gasteiger partial charge in [0, 0.05) is 17.8 Å². The summed E-state index contributed by atoms with van der Waals surface area (Å²) in [6.45, 7) is 0.936. The Morgan fingerprint density at radius 2 is 2.31 bits per heavy atom. The summed E-state index contributed by atoms with van der Waals surface area (Å²) < 4.78 is 0. The lowest BCUT2D eigenvalue weighted by atomic mass is 10.3. The van der Waals surface area contributed by atoms with Crippen molar-refractivity contribution in [3.63, 3.8) is 0 Å². The van der Waals surface area contributed by atoms with Crippen molar-refractivity contribution >= 4 is 22.9 Å². The molecule has 4 heteroatoms. The lowest BCUT2D eigenvalue weighted by Crippen LogP contribution is -2.10. The van der Waals surface area contributed by atoms with Crippen LogP contribution in [0.3, 0.4) is 0 Å². The number of rotatable bonds is 5. The number of hydrogen-bond acceptors (Lipinski definition) is 3. The van der Waals surface area contributed by atoms with Gasteiger partial charge in [-0.05, 0) is 26.9 Å². The molecule has 0 aliphatic rings. The zero-order valence-electron chi connectivity index (χ0n) is 8.09. The second kappa shape index (κ2) is 5.58. The van der Waals surface area contributed by atoms with Crippen molar-refractivity contribution in [2.75, 3.05) is 20.0 Å². The fraction of sp³-hybridized carbons (Fsp3) is 0.667. The molecule has 0 spiro atoms. The van der Waals surface area contributed by atoms with Crippen LogP contribution in [0.1, 0.15) is 17.1 Å². The van der Waals surface area contributed by atoms with Gasteiger partial charge in [-0.3, -0.25) is 0 Å². The molecule has 1 aromatic heterocycles. The standard InChI is InChI=1S/C9H15ClN2S/c1-12(2)6-9-11-8(7-13-9)4-3-5-10/h7H,3-6H2,1-2H3. The smallest absolute Gasteiger partial charge is 0.107 e. The van der Waals surface area contributed by atoms with Crippen LogP contribution in [0.2, 0.25) is 0 Å². The van der Waals surface area contributed by atoms with Gasteiger partial charge in [0.15, 0.2) is 0 Å². The van der Waals surface area contributed by atoms with Crippen molar-refractivity contribution in [2.45, 2.75) is 19.4 Å². The van der Waals surface area contributed by atoms with Crippen LogP contribution in [-0.2, 0) is 13.0 Å². The Kier molecular flexibility index (Phi) is 4.70. The molecule has 0 bridgehead atoms. The average Bonchev–Trinajstić information content (AvgIpc) is 2.48. The molecule has 1 rings (SSSR count). The molecule has 0 saturated carbocycles. The molecular formula is C9H15ClN2S. The summed E-state index contributed by atoms with van der Waals surface area (Å²) in [5, 5.41) is 3.32. The first-order valence-corrected chi connectivity index (χ1v) is 5.77. The monoisotopic (exact) mass is 218 g/mol.